The largest absolute Gasteiger partial charge is 0.493 e. The minimum Gasteiger partial charge on any atom is -0.493 e. The molecular weight excluding hydrogens is 480 g/mol. The lowest BCUT2D eigenvalue weighted by molar-refractivity contribution is -0.165. The molecule has 0 fully saturated rings. The molecule has 2 aliphatic rings. The van der Waals surface area contributed by atoms with E-state index in [4.69, 9.17) is 33.2 Å². The molecule has 1 atom stereocenters. The number of ether oxygens (including phenoxy) is 7. The number of hydrogen-bond donors (Lipinski definition) is 0. The van der Waals surface area contributed by atoms with Crippen LogP contribution in [0.1, 0.15) is 64.5 Å². The lowest BCUT2D eigenvalue weighted by Gasteiger charge is -2.20. The first-order valence-corrected chi connectivity index (χ1v) is 10.5. The van der Waals surface area contributed by atoms with E-state index in [0.717, 1.165) is 20.8 Å². The zero-order valence-electron chi connectivity index (χ0n) is 20.1. The molecule has 0 aliphatic carbocycles. The van der Waals surface area contributed by atoms with Gasteiger partial charge >= 0.3 is 29.8 Å². The second kappa shape index (κ2) is 8.87. The molecule has 12 nitrogen and oxygen atoms in total. The Morgan fingerprint density at radius 2 is 1.44 bits per heavy atom. The summed E-state index contributed by atoms with van der Waals surface area (Å²) in [6.45, 7) is 6.35. The Labute approximate surface area is 203 Å². The average Bonchev–Trinajstić information content (AvgIpc) is 2.98. The molecule has 2 aromatic carbocycles. The molecule has 0 radical (unpaired) electrons. The number of fused-ring (bicyclic) bond motifs is 4. The molecular formula is C24H20O12. The van der Waals surface area contributed by atoms with Gasteiger partial charge in [-0.05, 0) is 25.5 Å². The van der Waals surface area contributed by atoms with E-state index in [1.165, 1.54) is 20.1 Å². The smallest absolute Gasteiger partial charge is 0.347 e. The summed E-state index contributed by atoms with van der Waals surface area (Å²) >= 11 is 0. The molecule has 0 amide bonds. The highest BCUT2D eigenvalue weighted by Gasteiger charge is 2.46. The van der Waals surface area contributed by atoms with E-state index in [1.54, 1.807) is 6.92 Å². The van der Waals surface area contributed by atoms with Crippen LogP contribution in [0, 0.1) is 13.8 Å². The SMILES string of the molecule is COc1cc(C)c2c(c1OC(C)=O)Oc1c(c(C)c(OC(C)=O)c3c1[C@@H](OC(C)=O)OC3=O)OC2=O. The van der Waals surface area contributed by atoms with Gasteiger partial charge in [0.15, 0.2) is 28.7 Å². The Hall–Kier alpha value is -4.61. The van der Waals surface area contributed by atoms with E-state index in [0.29, 0.717) is 5.56 Å². The number of esters is 5. The van der Waals surface area contributed by atoms with Crippen LogP contribution in [0.3, 0.4) is 0 Å². The summed E-state index contributed by atoms with van der Waals surface area (Å²) in [4.78, 5) is 61.5. The maximum Gasteiger partial charge on any atom is 0.347 e. The number of carbonyl (C=O) groups excluding carboxylic acids is 5. The number of hydrogen-bond acceptors (Lipinski definition) is 12. The van der Waals surface area contributed by atoms with Crippen molar-refractivity contribution in [3.8, 4) is 34.5 Å². The molecule has 0 bridgehead atoms. The molecule has 0 spiro atoms. The van der Waals surface area contributed by atoms with Crippen LogP contribution >= 0.6 is 0 Å². The normalized spacial score (nSPS) is 15.2. The van der Waals surface area contributed by atoms with Crippen LogP contribution in [0.2, 0.25) is 0 Å². The van der Waals surface area contributed by atoms with Crippen LogP contribution in [0.4, 0.5) is 0 Å². The highest BCUT2D eigenvalue weighted by Crippen LogP contribution is 2.56. The van der Waals surface area contributed by atoms with Crippen molar-refractivity contribution in [2.45, 2.75) is 40.9 Å². The van der Waals surface area contributed by atoms with Crippen molar-refractivity contribution in [2.24, 2.45) is 0 Å². The fourth-order valence-corrected chi connectivity index (χ4v) is 3.92. The van der Waals surface area contributed by atoms with Crippen molar-refractivity contribution in [2.75, 3.05) is 7.11 Å². The third-order valence-electron chi connectivity index (χ3n) is 5.27. The van der Waals surface area contributed by atoms with Gasteiger partial charge in [0.2, 0.25) is 5.75 Å². The second-order valence-electron chi connectivity index (χ2n) is 7.86. The van der Waals surface area contributed by atoms with Crippen LogP contribution in [0.15, 0.2) is 6.07 Å². The predicted octanol–water partition coefficient (Wildman–Crippen LogP) is 3.22. The number of aryl methyl sites for hydroxylation is 1. The summed E-state index contributed by atoms with van der Waals surface area (Å²) < 4.78 is 37.9. The van der Waals surface area contributed by atoms with Gasteiger partial charge in [-0.2, -0.15) is 0 Å². The molecule has 2 aliphatic heterocycles. The van der Waals surface area contributed by atoms with Crippen molar-refractivity contribution in [3.05, 3.63) is 33.9 Å². The van der Waals surface area contributed by atoms with Crippen LogP contribution in [-0.2, 0) is 23.9 Å². The highest BCUT2D eigenvalue weighted by atomic mass is 16.7. The average molecular weight is 500 g/mol. The summed E-state index contributed by atoms with van der Waals surface area (Å²) in [6, 6.07) is 1.45. The van der Waals surface area contributed by atoms with E-state index >= 15 is 0 Å². The summed E-state index contributed by atoms with van der Waals surface area (Å²) in [5.41, 5.74) is -0.115. The molecule has 2 aromatic rings. The molecule has 36 heavy (non-hydrogen) atoms. The quantitative estimate of drug-likeness (QED) is 0.448. The molecule has 188 valence electrons. The van der Waals surface area contributed by atoms with Crippen molar-refractivity contribution in [3.63, 3.8) is 0 Å². The van der Waals surface area contributed by atoms with Gasteiger partial charge in [-0.1, -0.05) is 0 Å². The van der Waals surface area contributed by atoms with Gasteiger partial charge < -0.3 is 33.2 Å². The van der Waals surface area contributed by atoms with E-state index in [9.17, 15) is 24.0 Å². The van der Waals surface area contributed by atoms with Crippen LogP contribution in [0.5, 0.6) is 34.5 Å². The Morgan fingerprint density at radius 1 is 0.806 bits per heavy atom. The third kappa shape index (κ3) is 3.96. The number of carbonyl (C=O) groups is 5. The van der Waals surface area contributed by atoms with E-state index in [-0.39, 0.29) is 56.8 Å². The molecule has 0 N–H and O–H groups in total. The molecule has 0 saturated heterocycles. The van der Waals surface area contributed by atoms with Crippen LogP contribution in [-0.4, -0.2) is 37.0 Å². The molecule has 0 saturated carbocycles. The topological polar surface area (TPSA) is 150 Å². The standard InChI is InChI=1S/C24H20O12/c1-8-7-13(30-6)19(32-11(4)26)20-14(8)22(28)35-18-9(2)17(31-10(3)25)15-16(21(18)34-20)24(33-12(5)27)36-23(15)29/h7,24H,1-6H3/t24-/m0/s1. The van der Waals surface area contributed by atoms with Gasteiger partial charge in [-0.3, -0.25) is 14.4 Å². The molecule has 0 aromatic heterocycles. The van der Waals surface area contributed by atoms with Crippen molar-refractivity contribution >= 4 is 29.8 Å². The number of rotatable bonds is 4. The Kier molecular flexibility index (Phi) is 6.04. The van der Waals surface area contributed by atoms with Crippen LogP contribution in [0.25, 0.3) is 0 Å². The number of benzene rings is 2. The zero-order chi connectivity index (χ0) is 26.5. The third-order valence-corrected chi connectivity index (χ3v) is 5.27. The second-order valence-corrected chi connectivity index (χ2v) is 7.86. The summed E-state index contributed by atoms with van der Waals surface area (Å²) in [5, 5.41) is 0. The van der Waals surface area contributed by atoms with E-state index in [2.05, 4.69) is 0 Å². The monoisotopic (exact) mass is 500 g/mol. The van der Waals surface area contributed by atoms with Crippen LogP contribution < -0.4 is 23.7 Å². The lowest BCUT2D eigenvalue weighted by Crippen LogP contribution is -2.13. The summed E-state index contributed by atoms with van der Waals surface area (Å²) in [6.07, 6.45) is -1.61. The van der Waals surface area contributed by atoms with Gasteiger partial charge in [0, 0.05) is 26.3 Å². The first kappa shape index (κ1) is 24.5. The van der Waals surface area contributed by atoms with Gasteiger partial charge in [0.25, 0.3) is 6.29 Å². The zero-order valence-corrected chi connectivity index (χ0v) is 20.1. The molecule has 4 rings (SSSR count). The fraction of sp³-hybridized carbons (Fsp3) is 0.292. The lowest BCUT2D eigenvalue weighted by atomic mass is 10.0. The highest BCUT2D eigenvalue weighted by molar-refractivity contribution is 6.03. The number of cyclic esters (lactones) is 1. The maximum atomic E-state index is 13.3. The first-order valence-electron chi connectivity index (χ1n) is 10.5. The van der Waals surface area contributed by atoms with E-state index < -0.39 is 36.1 Å². The van der Waals surface area contributed by atoms with Crippen molar-refractivity contribution < 1.29 is 57.1 Å². The maximum absolute atomic E-state index is 13.3. The predicted molar refractivity (Wildman–Crippen MR) is 116 cm³/mol. The van der Waals surface area contributed by atoms with E-state index in [1.807, 2.05) is 0 Å². The van der Waals surface area contributed by atoms with Gasteiger partial charge in [-0.25, -0.2) is 9.59 Å². The minimum atomic E-state index is -1.61. The first-order chi connectivity index (χ1) is 16.9. The Bertz CT molecular complexity index is 1370. The van der Waals surface area contributed by atoms with Crippen molar-refractivity contribution in [1.29, 1.82) is 0 Å². The fourth-order valence-electron chi connectivity index (χ4n) is 3.92. The number of methoxy groups -OCH3 is 1. The van der Waals surface area contributed by atoms with Gasteiger partial charge in [-0.15, -0.1) is 0 Å². The van der Waals surface area contributed by atoms with Gasteiger partial charge in [0.05, 0.1) is 12.7 Å². The van der Waals surface area contributed by atoms with Gasteiger partial charge in [0.1, 0.15) is 11.1 Å². The minimum absolute atomic E-state index is 0.0548. The Balaban J connectivity index is 2.08. The summed E-state index contributed by atoms with van der Waals surface area (Å²) in [5.74, 6) is -5.30. The molecule has 0 unspecified atom stereocenters. The van der Waals surface area contributed by atoms with Crippen molar-refractivity contribution in [1.82, 2.24) is 0 Å². The summed E-state index contributed by atoms with van der Waals surface area (Å²) in [7, 11) is 1.33. The Morgan fingerprint density at radius 3 is 2.03 bits per heavy atom. The molecule has 12 heteroatoms. The molecule has 2 heterocycles.